The molecule has 3 nitrogen and oxygen atoms in total. The molecule has 0 bridgehead atoms. The van der Waals surface area contributed by atoms with Gasteiger partial charge in [0.05, 0.1) is 6.61 Å². The molecule has 3 rings (SSSR count). The number of hydrogen-bond donors (Lipinski definition) is 2. The predicted molar refractivity (Wildman–Crippen MR) is 79.4 cm³/mol. The van der Waals surface area contributed by atoms with Crippen molar-refractivity contribution in [2.45, 2.75) is 19.3 Å². The van der Waals surface area contributed by atoms with Gasteiger partial charge in [0.1, 0.15) is 5.75 Å². The summed E-state index contributed by atoms with van der Waals surface area (Å²) in [6.07, 6.45) is 1.03. The van der Waals surface area contributed by atoms with Crippen molar-refractivity contribution in [3.63, 3.8) is 0 Å². The maximum absolute atomic E-state index is 9.40. The summed E-state index contributed by atoms with van der Waals surface area (Å²) in [4.78, 5) is 0. The number of fused-ring (bicyclic) bond motifs is 1. The van der Waals surface area contributed by atoms with Crippen LogP contribution in [-0.2, 0) is 6.42 Å². The molecule has 1 aliphatic rings. The fraction of sp³-hybridized carbons (Fsp3) is 0.250. The standard InChI is InChI=1S/C16H17BO3/c1-11-6-7-16(15(8-11)17(18)19)20-10-13-9-12-4-2-3-5-14(12)13/h2-8,13,18-19H,9-10H2,1H3. The highest BCUT2D eigenvalue weighted by Gasteiger charge is 2.26. The fourth-order valence-electron chi connectivity index (χ4n) is 2.70. The minimum absolute atomic E-state index is 0.399. The van der Waals surface area contributed by atoms with Crippen molar-refractivity contribution in [1.29, 1.82) is 0 Å². The van der Waals surface area contributed by atoms with Gasteiger partial charge >= 0.3 is 7.12 Å². The largest absolute Gasteiger partial charge is 0.493 e. The van der Waals surface area contributed by atoms with Crippen LogP contribution in [0.3, 0.4) is 0 Å². The summed E-state index contributed by atoms with van der Waals surface area (Å²) in [5, 5.41) is 18.8. The van der Waals surface area contributed by atoms with Crippen molar-refractivity contribution in [1.82, 2.24) is 0 Å². The first kappa shape index (κ1) is 13.2. The molecule has 2 aromatic carbocycles. The lowest BCUT2D eigenvalue weighted by molar-refractivity contribution is 0.276. The molecular formula is C16H17BO3. The predicted octanol–water partition coefficient (Wildman–Crippen LogP) is 1.39. The summed E-state index contributed by atoms with van der Waals surface area (Å²) in [7, 11) is -1.50. The van der Waals surface area contributed by atoms with Crippen LogP contribution in [0.15, 0.2) is 42.5 Å². The SMILES string of the molecule is Cc1ccc(OCC2Cc3ccccc32)c(B(O)O)c1. The van der Waals surface area contributed by atoms with Crippen LogP contribution in [0, 0.1) is 6.92 Å². The zero-order chi connectivity index (χ0) is 14.1. The third-order valence-corrected chi connectivity index (χ3v) is 3.84. The van der Waals surface area contributed by atoms with Crippen LogP contribution in [0.4, 0.5) is 0 Å². The first-order valence-corrected chi connectivity index (χ1v) is 6.82. The van der Waals surface area contributed by atoms with Crippen molar-refractivity contribution < 1.29 is 14.8 Å². The molecular weight excluding hydrogens is 251 g/mol. The van der Waals surface area contributed by atoms with Crippen LogP contribution in [-0.4, -0.2) is 23.8 Å². The molecule has 20 heavy (non-hydrogen) atoms. The smallest absolute Gasteiger partial charge is 0.492 e. The van der Waals surface area contributed by atoms with Crippen LogP contribution < -0.4 is 10.2 Å². The van der Waals surface area contributed by atoms with Crippen LogP contribution in [0.2, 0.25) is 0 Å². The van der Waals surface area contributed by atoms with Crippen molar-refractivity contribution in [2.75, 3.05) is 6.61 Å². The lowest BCUT2D eigenvalue weighted by Gasteiger charge is -2.30. The summed E-state index contributed by atoms with van der Waals surface area (Å²) in [6, 6.07) is 13.8. The molecule has 1 atom stereocenters. The molecule has 2 N–H and O–H groups in total. The van der Waals surface area contributed by atoms with E-state index in [0.717, 1.165) is 12.0 Å². The van der Waals surface area contributed by atoms with E-state index in [4.69, 9.17) is 4.74 Å². The first-order chi connectivity index (χ1) is 9.65. The molecule has 0 saturated carbocycles. The zero-order valence-corrected chi connectivity index (χ0v) is 11.4. The minimum atomic E-state index is -1.50. The number of benzene rings is 2. The van der Waals surface area contributed by atoms with Gasteiger partial charge in [-0.15, -0.1) is 0 Å². The Bertz CT molecular complexity index is 625. The van der Waals surface area contributed by atoms with E-state index in [1.165, 1.54) is 11.1 Å². The quantitative estimate of drug-likeness (QED) is 0.824. The van der Waals surface area contributed by atoms with Gasteiger partial charge in [-0.2, -0.15) is 0 Å². The van der Waals surface area contributed by atoms with E-state index in [1.807, 2.05) is 19.1 Å². The highest BCUT2D eigenvalue weighted by Crippen LogP contribution is 2.34. The Morgan fingerprint density at radius 1 is 1.20 bits per heavy atom. The fourth-order valence-corrected chi connectivity index (χ4v) is 2.70. The molecule has 0 spiro atoms. The van der Waals surface area contributed by atoms with Gasteiger partial charge in [0, 0.05) is 11.4 Å². The van der Waals surface area contributed by atoms with Gasteiger partial charge in [0.25, 0.3) is 0 Å². The molecule has 0 aromatic heterocycles. The van der Waals surface area contributed by atoms with Crippen molar-refractivity contribution in [3.8, 4) is 5.75 Å². The molecule has 0 aliphatic heterocycles. The second kappa shape index (κ2) is 5.31. The molecule has 0 heterocycles. The van der Waals surface area contributed by atoms with Gasteiger partial charge in [-0.05, 0) is 30.5 Å². The first-order valence-electron chi connectivity index (χ1n) is 6.82. The van der Waals surface area contributed by atoms with E-state index in [2.05, 4.69) is 18.2 Å². The van der Waals surface area contributed by atoms with Gasteiger partial charge in [0.2, 0.25) is 0 Å². The van der Waals surface area contributed by atoms with Crippen LogP contribution in [0.1, 0.15) is 22.6 Å². The highest BCUT2D eigenvalue weighted by molar-refractivity contribution is 6.59. The van der Waals surface area contributed by atoms with Gasteiger partial charge in [-0.25, -0.2) is 0 Å². The summed E-state index contributed by atoms with van der Waals surface area (Å²) in [6.45, 7) is 2.48. The lowest BCUT2D eigenvalue weighted by Crippen LogP contribution is -2.33. The minimum Gasteiger partial charge on any atom is -0.493 e. The Labute approximate surface area is 119 Å². The van der Waals surface area contributed by atoms with E-state index in [9.17, 15) is 10.0 Å². The van der Waals surface area contributed by atoms with Gasteiger partial charge < -0.3 is 14.8 Å². The van der Waals surface area contributed by atoms with E-state index < -0.39 is 7.12 Å². The third kappa shape index (κ3) is 2.44. The summed E-state index contributed by atoms with van der Waals surface area (Å²) < 4.78 is 5.79. The van der Waals surface area contributed by atoms with E-state index in [1.54, 1.807) is 12.1 Å². The summed E-state index contributed by atoms with van der Waals surface area (Å²) in [5.41, 5.74) is 4.13. The molecule has 102 valence electrons. The lowest BCUT2D eigenvalue weighted by atomic mass is 9.77. The molecule has 1 aliphatic carbocycles. The van der Waals surface area contributed by atoms with Gasteiger partial charge in [0.15, 0.2) is 0 Å². The van der Waals surface area contributed by atoms with E-state index in [-0.39, 0.29) is 0 Å². The third-order valence-electron chi connectivity index (χ3n) is 3.84. The van der Waals surface area contributed by atoms with Crippen molar-refractivity contribution in [2.24, 2.45) is 0 Å². The second-order valence-corrected chi connectivity index (χ2v) is 5.33. The molecule has 0 radical (unpaired) electrons. The van der Waals surface area contributed by atoms with Gasteiger partial charge in [-0.1, -0.05) is 42.0 Å². The van der Waals surface area contributed by atoms with Crippen molar-refractivity contribution in [3.05, 3.63) is 59.2 Å². The Hall–Kier alpha value is -1.78. The maximum atomic E-state index is 9.40. The maximum Gasteiger partial charge on any atom is 0.492 e. The average Bonchev–Trinajstić information content (AvgIpc) is 2.41. The molecule has 1 unspecified atom stereocenters. The molecule has 0 saturated heterocycles. The Balaban J connectivity index is 1.71. The Kier molecular flexibility index (Phi) is 3.51. The number of ether oxygens (including phenoxy) is 1. The van der Waals surface area contributed by atoms with Crippen molar-refractivity contribution >= 4 is 12.6 Å². The molecule has 2 aromatic rings. The number of rotatable bonds is 4. The van der Waals surface area contributed by atoms with E-state index >= 15 is 0 Å². The zero-order valence-electron chi connectivity index (χ0n) is 11.4. The Morgan fingerprint density at radius 2 is 2.00 bits per heavy atom. The molecule has 0 fully saturated rings. The monoisotopic (exact) mass is 268 g/mol. The van der Waals surface area contributed by atoms with Crippen LogP contribution in [0.5, 0.6) is 5.75 Å². The van der Waals surface area contributed by atoms with E-state index in [0.29, 0.717) is 23.7 Å². The molecule has 4 heteroatoms. The Morgan fingerprint density at radius 3 is 2.75 bits per heavy atom. The number of aryl methyl sites for hydroxylation is 1. The summed E-state index contributed by atoms with van der Waals surface area (Å²) in [5.74, 6) is 0.950. The average molecular weight is 268 g/mol. The summed E-state index contributed by atoms with van der Waals surface area (Å²) >= 11 is 0. The molecule has 0 amide bonds. The van der Waals surface area contributed by atoms with Gasteiger partial charge in [-0.3, -0.25) is 0 Å². The normalized spacial score (nSPS) is 16.2. The second-order valence-electron chi connectivity index (χ2n) is 5.33. The topological polar surface area (TPSA) is 49.7 Å². The van der Waals surface area contributed by atoms with Crippen LogP contribution in [0.25, 0.3) is 0 Å². The van der Waals surface area contributed by atoms with Crippen LogP contribution >= 0.6 is 0 Å². The number of hydrogen-bond acceptors (Lipinski definition) is 3. The highest BCUT2D eigenvalue weighted by atomic mass is 16.5.